The molecule has 1 saturated heterocycles. The van der Waals surface area contributed by atoms with E-state index in [2.05, 4.69) is 111 Å². The number of aromatic nitrogens is 2. The van der Waals surface area contributed by atoms with Crippen LogP contribution in [-0.4, -0.2) is 34.1 Å². The van der Waals surface area contributed by atoms with Gasteiger partial charge in [-0.2, -0.15) is 0 Å². The average Bonchev–Trinajstić information content (AvgIpc) is 3.62. The van der Waals surface area contributed by atoms with E-state index in [4.69, 9.17) is 0 Å². The first kappa shape index (κ1) is 21.5. The summed E-state index contributed by atoms with van der Waals surface area (Å²) in [6, 6.07) is 28.8. The van der Waals surface area contributed by atoms with Crippen LogP contribution in [0.2, 0.25) is 0 Å². The third-order valence-electron chi connectivity index (χ3n) is 7.21. The van der Waals surface area contributed by atoms with Gasteiger partial charge in [0.15, 0.2) is 0 Å². The number of benzene rings is 3. The second kappa shape index (κ2) is 9.34. The van der Waals surface area contributed by atoms with Crippen molar-refractivity contribution in [3.8, 4) is 0 Å². The molecule has 34 heavy (non-hydrogen) atoms. The Balaban J connectivity index is 1.25. The topological polar surface area (TPSA) is 36.0 Å². The van der Waals surface area contributed by atoms with Crippen LogP contribution in [0.3, 0.4) is 0 Å². The normalized spacial score (nSPS) is 17.6. The van der Waals surface area contributed by atoms with Gasteiger partial charge in [-0.1, -0.05) is 54.6 Å². The molecule has 2 N–H and O–H groups in total. The van der Waals surface area contributed by atoms with Crippen molar-refractivity contribution in [2.24, 2.45) is 7.05 Å². The molecule has 2 unspecified atom stereocenters. The molecule has 0 amide bonds. The first-order chi connectivity index (χ1) is 16.8. The maximum Gasteiger partial charge on any atom is 0.0503 e. The Kier molecular flexibility index (Phi) is 5.91. The third-order valence-corrected chi connectivity index (χ3v) is 8.01. The summed E-state index contributed by atoms with van der Waals surface area (Å²) in [6.45, 7) is 3.11. The number of hydrogen-bond acceptors (Lipinski definition) is 3. The Hall–Kier alpha value is -2.99. The molecule has 5 aromatic rings. The molecule has 0 saturated carbocycles. The van der Waals surface area contributed by atoms with Crippen molar-refractivity contribution in [3.63, 3.8) is 0 Å². The molecule has 6 rings (SSSR count). The summed E-state index contributed by atoms with van der Waals surface area (Å²) in [7, 11) is 2.16. The number of nitrogens with zero attached hydrogens (tertiary/aromatic N) is 2. The third kappa shape index (κ3) is 4.16. The lowest BCUT2D eigenvalue weighted by atomic mass is 9.98. The van der Waals surface area contributed by atoms with Gasteiger partial charge in [-0.05, 0) is 71.6 Å². The minimum atomic E-state index is 0.321. The number of nitrogens with one attached hydrogen (secondary N) is 2. The van der Waals surface area contributed by atoms with E-state index >= 15 is 0 Å². The number of aromatic amines is 1. The largest absolute Gasteiger partial charge is 0.361 e. The van der Waals surface area contributed by atoms with Crippen molar-refractivity contribution < 1.29 is 0 Å². The van der Waals surface area contributed by atoms with Crippen LogP contribution in [-0.2, 0) is 7.05 Å². The van der Waals surface area contributed by atoms with E-state index in [9.17, 15) is 0 Å². The molecular formula is C29H30N4S. The van der Waals surface area contributed by atoms with Gasteiger partial charge in [0.25, 0.3) is 0 Å². The van der Waals surface area contributed by atoms with Gasteiger partial charge in [0.1, 0.15) is 0 Å². The molecule has 2 atom stereocenters. The molecule has 0 bridgehead atoms. The zero-order chi connectivity index (χ0) is 22.9. The summed E-state index contributed by atoms with van der Waals surface area (Å²) in [5.74, 6) is 0.599. The van der Waals surface area contributed by atoms with Crippen LogP contribution >= 0.6 is 11.9 Å². The van der Waals surface area contributed by atoms with Crippen LogP contribution in [0, 0.1) is 0 Å². The van der Waals surface area contributed by atoms with Crippen LogP contribution in [0.4, 0.5) is 0 Å². The van der Waals surface area contributed by atoms with E-state index in [1.807, 2.05) is 6.20 Å². The van der Waals surface area contributed by atoms with Crippen LogP contribution < -0.4 is 4.72 Å². The van der Waals surface area contributed by atoms with Gasteiger partial charge in [-0.15, -0.1) is 0 Å². The Bertz CT molecular complexity index is 1400. The van der Waals surface area contributed by atoms with Gasteiger partial charge in [0, 0.05) is 53.8 Å². The summed E-state index contributed by atoms with van der Waals surface area (Å²) >= 11 is 1.73. The zero-order valence-corrected chi connectivity index (χ0v) is 20.3. The molecule has 5 heteroatoms. The molecule has 2 aromatic heterocycles. The molecule has 1 fully saturated rings. The summed E-state index contributed by atoms with van der Waals surface area (Å²) < 4.78 is 5.99. The monoisotopic (exact) mass is 466 g/mol. The van der Waals surface area contributed by atoms with Crippen molar-refractivity contribution in [1.82, 2.24) is 19.2 Å². The molecule has 4 nitrogen and oxygen atoms in total. The van der Waals surface area contributed by atoms with Crippen LogP contribution in [0.25, 0.3) is 21.8 Å². The SMILES string of the molecule is Cn1cc(C(CNSc2ccc3cc[nH]c3c2)N2CCC(c3ccccc3)C2)c2ccccc21. The van der Waals surface area contributed by atoms with Crippen LogP contribution in [0.15, 0.2) is 96.2 Å². The number of aryl methyl sites for hydroxylation is 1. The minimum Gasteiger partial charge on any atom is -0.361 e. The van der Waals surface area contributed by atoms with Gasteiger partial charge < -0.3 is 9.55 Å². The molecule has 1 aliphatic heterocycles. The predicted octanol–water partition coefficient (Wildman–Crippen LogP) is 6.49. The zero-order valence-electron chi connectivity index (χ0n) is 19.4. The van der Waals surface area contributed by atoms with Gasteiger partial charge in [-0.25, -0.2) is 0 Å². The second-order valence-electron chi connectivity index (χ2n) is 9.30. The summed E-state index contributed by atoms with van der Waals surface area (Å²) in [6.07, 6.45) is 5.55. The van der Waals surface area contributed by atoms with Crippen molar-refractivity contribution in [2.75, 3.05) is 19.6 Å². The molecule has 0 aliphatic carbocycles. The van der Waals surface area contributed by atoms with E-state index in [1.54, 1.807) is 11.9 Å². The molecule has 172 valence electrons. The van der Waals surface area contributed by atoms with Crippen molar-refractivity contribution >= 4 is 33.8 Å². The fourth-order valence-electron chi connectivity index (χ4n) is 5.44. The molecule has 0 spiro atoms. The summed E-state index contributed by atoms with van der Waals surface area (Å²) in [5, 5.41) is 2.61. The molecule has 3 heterocycles. The van der Waals surface area contributed by atoms with Crippen molar-refractivity contribution in [2.45, 2.75) is 23.3 Å². The van der Waals surface area contributed by atoms with E-state index in [-0.39, 0.29) is 0 Å². The summed E-state index contributed by atoms with van der Waals surface area (Å²) in [4.78, 5) is 7.23. The fourth-order valence-corrected chi connectivity index (χ4v) is 6.16. The number of para-hydroxylation sites is 1. The van der Waals surface area contributed by atoms with Gasteiger partial charge in [0.2, 0.25) is 0 Å². The Morgan fingerprint density at radius 2 is 1.88 bits per heavy atom. The number of fused-ring (bicyclic) bond motifs is 2. The van der Waals surface area contributed by atoms with E-state index in [1.165, 1.54) is 44.2 Å². The van der Waals surface area contributed by atoms with Gasteiger partial charge >= 0.3 is 0 Å². The standard InChI is InChI=1S/C29H30N4S/c1-32-20-26(25-9-5-6-10-28(25)32)29(33-16-14-23(19-33)21-7-3-2-4-8-21)18-31-34-24-12-11-22-13-15-30-27(22)17-24/h2-13,15,17,20,23,29-31H,14,16,18-19H2,1H3. The summed E-state index contributed by atoms with van der Waals surface area (Å²) in [5.41, 5.74) is 5.36. The lowest BCUT2D eigenvalue weighted by Crippen LogP contribution is -2.32. The number of H-pyrrole nitrogens is 1. The maximum atomic E-state index is 3.71. The molecule has 3 aromatic carbocycles. The van der Waals surface area contributed by atoms with E-state index in [0.29, 0.717) is 12.0 Å². The molecule has 1 aliphatic rings. The highest BCUT2D eigenvalue weighted by atomic mass is 32.2. The second-order valence-corrected chi connectivity index (χ2v) is 10.3. The van der Waals surface area contributed by atoms with E-state index in [0.717, 1.165) is 19.6 Å². The average molecular weight is 467 g/mol. The highest BCUT2D eigenvalue weighted by Gasteiger charge is 2.31. The number of rotatable bonds is 7. The molecular weight excluding hydrogens is 436 g/mol. The molecule has 0 radical (unpaired) electrons. The van der Waals surface area contributed by atoms with Crippen LogP contribution in [0.5, 0.6) is 0 Å². The lowest BCUT2D eigenvalue weighted by molar-refractivity contribution is 0.246. The predicted molar refractivity (Wildman–Crippen MR) is 143 cm³/mol. The van der Waals surface area contributed by atoms with Crippen molar-refractivity contribution in [3.05, 3.63) is 102 Å². The number of hydrogen-bond donors (Lipinski definition) is 2. The smallest absolute Gasteiger partial charge is 0.0503 e. The van der Waals surface area contributed by atoms with Crippen LogP contribution in [0.1, 0.15) is 29.5 Å². The Morgan fingerprint density at radius 1 is 1.03 bits per heavy atom. The highest BCUT2D eigenvalue weighted by Crippen LogP contribution is 2.36. The van der Waals surface area contributed by atoms with Gasteiger partial charge in [-0.3, -0.25) is 9.62 Å². The van der Waals surface area contributed by atoms with Crippen molar-refractivity contribution in [1.29, 1.82) is 0 Å². The van der Waals surface area contributed by atoms with Gasteiger partial charge in [0.05, 0.1) is 6.04 Å². The quantitative estimate of drug-likeness (QED) is 0.269. The maximum absolute atomic E-state index is 3.71. The minimum absolute atomic E-state index is 0.321. The first-order valence-electron chi connectivity index (χ1n) is 12.1. The highest BCUT2D eigenvalue weighted by molar-refractivity contribution is 7.97. The lowest BCUT2D eigenvalue weighted by Gasteiger charge is -2.28. The van der Waals surface area contributed by atoms with E-state index < -0.39 is 0 Å². The first-order valence-corrected chi connectivity index (χ1v) is 12.9. The number of likely N-dealkylation sites (tertiary alicyclic amines) is 1. The Labute approximate surface area is 205 Å². The fraction of sp³-hybridized carbons (Fsp3) is 0.241. The Morgan fingerprint density at radius 3 is 2.79 bits per heavy atom.